The third-order valence-corrected chi connectivity index (χ3v) is 9.41. The second-order valence-corrected chi connectivity index (χ2v) is 12.1. The smallest absolute Gasteiger partial charge is 0.233 e. The van der Waals surface area contributed by atoms with E-state index in [0.29, 0.717) is 17.9 Å². The second-order valence-electron chi connectivity index (χ2n) is 11.1. The number of thiophene rings is 1. The SMILES string of the molecule is CCNCCc1c(-c2cc(C)cc(C)c2)[nH]c2sc(C(C)(C)C(=O)N3CC4CCC3CC4)cc12. The lowest BCUT2D eigenvalue weighted by atomic mass is 9.78. The summed E-state index contributed by atoms with van der Waals surface area (Å²) in [7, 11) is 0. The normalized spacial score (nSPS) is 20.4. The van der Waals surface area contributed by atoms with Crippen molar-refractivity contribution in [3.05, 3.63) is 45.8 Å². The van der Waals surface area contributed by atoms with Crippen molar-refractivity contribution in [2.45, 2.75) is 78.2 Å². The summed E-state index contributed by atoms with van der Waals surface area (Å²) in [5.41, 5.74) is 5.93. The first-order chi connectivity index (χ1) is 16.3. The molecule has 0 spiro atoms. The van der Waals surface area contributed by atoms with Crippen LogP contribution in [0.1, 0.15) is 68.0 Å². The van der Waals surface area contributed by atoms with Gasteiger partial charge in [-0.15, -0.1) is 11.3 Å². The van der Waals surface area contributed by atoms with E-state index in [0.717, 1.165) is 26.1 Å². The maximum atomic E-state index is 13.8. The number of fused-ring (bicyclic) bond motifs is 4. The first-order valence-corrected chi connectivity index (χ1v) is 13.8. The van der Waals surface area contributed by atoms with Crippen molar-refractivity contribution in [3.63, 3.8) is 0 Å². The summed E-state index contributed by atoms with van der Waals surface area (Å²) in [6.07, 6.45) is 5.94. The third kappa shape index (κ3) is 4.22. The molecule has 34 heavy (non-hydrogen) atoms. The number of piperidine rings is 2. The van der Waals surface area contributed by atoms with Crippen molar-refractivity contribution in [3.8, 4) is 11.3 Å². The largest absolute Gasteiger partial charge is 0.346 e. The molecule has 182 valence electrons. The highest BCUT2D eigenvalue weighted by atomic mass is 32.1. The molecule has 5 heteroatoms. The van der Waals surface area contributed by atoms with E-state index in [9.17, 15) is 4.79 Å². The highest BCUT2D eigenvalue weighted by Crippen LogP contribution is 2.43. The van der Waals surface area contributed by atoms with Crippen LogP contribution in [0.25, 0.3) is 21.5 Å². The summed E-state index contributed by atoms with van der Waals surface area (Å²) < 4.78 is 0. The van der Waals surface area contributed by atoms with Crippen molar-refractivity contribution in [2.75, 3.05) is 19.6 Å². The number of H-pyrrole nitrogens is 1. The number of nitrogens with one attached hydrogen (secondary N) is 2. The van der Waals surface area contributed by atoms with Gasteiger partial charge >= 0.3 is 0 Å². The molecule has 3 fully saturated rings. The Balaban J connectivity index is 1.51. The molecule has 1 saturated carbocycles. The van der Waals surface area contributed by atoms with Crippen molar-refractivity contribution >= 4 is 27.5 Å². The van der Waals surface area contributed by atoms with E-state index in [-0.39, 0.29) is 0 Å². The van der Waals surface area contributed by atoms with Gasteiger partial charge in [-0.2, -0.15) is 0 Å². The van der Waals surface area contributed by atoms with Gasteiger partial charge in [-0.3, -0.25) is 4.79 Å². The lowest BCUT2D eigenvalue weighted by Crippen LogP contribution is -2.55. The Morgan fingerprint density at radius 3 is 2.44 bits per heavy atom. The number of rotatable bonds is 7. The van der Waals surface area contributed by atoms with Crippen molar-refractivity contribution < 1.29 is 4.79 Å². The predicted octanol–water partition coefficient (Wildman–Crippen LogP) is 6.34. The highest BCUT2D eigenvalue weighted by molar-refractivity contribution is 7.19. The molecule has 1 aliphatic carbocycles. The average molecular weight is 478 g/mol. The van der Waals surface area contributed by atoms with Crippen molar-refractivity contribution in [1.29, 1.82) is 0 Å². The van der Waals surface area contributed by atoms with Gasteiger partial charge < -0.3 is 15.2 Å². The lowest BCUT2D eigenvalue weighted by molar-refractivity contribution is -0.143. The standard InChI is InChI=1S/C29H39N3OS/c1-6-30-12-11-23-24-16-25(29(4,5)28(33)32-17-20-7-9-22(32)10-8-20)34-27(24)31-26(23)21-14-18(2)13-19(3)15-21/h13-16,20,22,30-31H,6-12,17H2,1-5H3. The molecule has 1 aromatic carbocycles. The first-order valence-electron chi connectivity index (χ1n) is 13.0. The van der Waals surface area contributed by atoms with Crippen LogP contribution >= 0.6 is 11.3 Å². The molecule has 2 saturated heterocycles. The third-order valence-electron chi connectivity index (χ3n) is 8.03. The number of nitrogens with zero attached hydrogens (tertiary/aromatic N) is 1. The Labute approximate surface area is 208 Å². The Morgan fingerprint density at radius 2 is 1.82 bits per heavy atom. The molecular weight excluding hydrogens is 438 g/mol. The summed E-state index contributed by atoms with van der Waals surface area (Å²) in [5.74, 6) is 1.02. The number of aryl methyl sites for hydroxylation is 2. The van der Waals surface area contributed by atoms with Crippen molar-refractivity contribution in [1.82, 2.24) is 15.2 Å². The number of amides is 1. The number of aromatic nitrogens is 1. The summed E-state index contributed by atoms with van der Waals surface area (Å²) in [6, 6.07) is 9.54. The molecule has 2 bridgehead atoms. The van der Waals surface area contributed by atoms with Gasteiger partial charge in [-0.1, -0.05) is 24.1 Å². The number of aromatic amines is 1. The molecule has 1 amide bonds. The van der Waals surface area contributed by atoms with Crippen LogP contribution in [0, 0.1) is 19.8 Å². The maximum absolute atomic E-state index is 13.8. The first kappa shape index (κ1) is 23.6. The fourth-order valence-corrected chi connectivity index (χ4v) is 7.32. The lowest BCUT2D eigenvalue weighted by Gasteiger charge is -2.47. The van der Waals surface area contributed by atoms with Gasteiger partial charge in [0.15, 0.2) is 0 Å². The molecule has 2 aromatic heterocycles. The molecule has 3 aromatic rings. The second kappa shape index (κ2) is 9.16. The summed E-state index contributed by atoms with van der Waals surface area (Å²) >= 11 is 1.77. The van der Waals surface area contributed by atoms with Gasteiger partial charge in [0.05, 0.1) is 11.1 Å². The maximum Gasteiger partial charge on any atom is 0.233 e. The van der Waals surface area contributed by atoms with Crippen LogP contribution in [0.4, 0.5) is 0 Å². The zero-order chi connectivity index (χ0) is 24.0. The molecule has 4 nitrogen and oxygen atoms in total. The number of hydrogen-bond acceptors (Lipinski definition) is 3. The molecule has 4 heterocycles. The molecule has 0 radical (unpaired) electrons. The van der Waals surface area contributed by atoms with E-state index >= 15 is 0 Å². The number of carbonyl (C=O) groups is 1. The molecular formula is C29H39N3OS. The highest BCUT2D eigenvalue weighted by Gasteiger charge is 2.43. The van der Waals surface area contributed by atoms with Crippen molar-refractivity contribution in [2.24, 2.45) is 5.92 Å². The van der Waals surface area contributed by atoms with E-state index in [4.69, 9.17) is 0 Å². The molecule has 3 aliphatic rings. The van der Waals surface area contributed by atoms with Crippen LogP contribution in [0.2, 0.25) is 0 Å². The molecule has 6 rings (SSSR count). The Kier molecular flexibility index (Phi) is 6.36. The zero-order valence-electron chi connectivity index (χ0n) is 21.4. The number of likely N-dealkylation sites (N-methyl/N-ethyl adjacent to an activating group) is 1. The zero-order valence-corrected chi connectivity index (χ0v) is 22.2. The van der Waals surface area contributed by atoms with Crippen LogP contribution in [-0.4, -0.2) is 41.5 Å². The minimum atomic E-state index is -0.499. The molecule has 2 N–H and O–H groups in total. The topological polar surface area (TPSA) is 48.1 Å². The fraction of sp³-hybridized carbons (Fsp3) is 0.552. The number of hydrogen-bond donors (Lipinski definition) is 2. The quantitative estimate of drug-likeness (QED) is 0.390. The Bertz CT molecular complexity index is 1180. The van der Waals surface area contributed by atoms with Gasteiger partial charge in [0.25, 0.3) is 0 Å². The van der Waals surface area contributed by atoms with E-state index in [1.54, 1.807) is 11.3 Å². The average Bonchev–Trinajstić information content (AvgIpc) is 3.38. The van der Waals surface area contributed by atoms with Gasteiger partial charge in [0, 0.05) is 22.8 Å². The fourth-order valence-electron chi connectivity index (χ4n) is 6.13. The van der Waals surface area contributed by atoms with E-state index in [2.05, 4.69) is 74.1 Å². The van der Waals surface area contributed by atoms with Gasteiger partial charge in [-0.05, 0) is 108 Å². The van der Waals surface area contributed by atoms with Gasteiger partial charge in [0.1, 0.15) is 4.83 Å². The minimum Gasteiger partial charge on any atom is -0.346 e. The van der Waals surface area contributed by atoms with E-state index in [1.165, 1.54) is 68.7 Å². The van der Waals surface area contributed by atoms with Gasteiger partial charge in [0.2, 0.25) is 5.91 Å². The monoisotopic (exact) mass is 477 g/mol. The molecule has 0 atom stereocenters. The van der Waals surface area contributed by atoms with Crippen LogP contribution < -0.4 is 5.32 Å². The van der Waals surface area contributed by atoms with Crippen LogP contribution in [0.15, 0.2) is 24.3 Å². The van der Waals surface area contributed by atoms with Crippen LogP contribution in [0.5, 0.6) is 0 Å². The summed E-state index contributed by atoms with van der Waals surface area (Å²) in [5, 5.41) is 4.78. The summed E-state index contributed by atoms with van der Waals surface area (Å²) in [4.78, 5) is 22.1. The number of benzene rings is 1. The van der Waals surface area contributed by atoms with Crippen LogP contribution in [-0.2, 0) is 16.6 Å². The predicted molar refractivity (Wildman–Crippen MR) is 144 cm³/mol. The molecule has 0 unspecified atom stereocenters. The van der Waals surface area contributed by atoms with E-state index < -0.39 is 5.41 Å². The summed E-state index contributed by atoms with van der Waals surface area (Å²) in [6.45, 7) is 13.6. The van der Waals surface area contributed by atoms with Crippen LogP contribution in [0.3, 0.4) is 0 Å². The van der Waals surface area contributed by atoms with Gasteiger partial charge in [-0.25, -0.2) is 0 Å². The Hall–Kier alpha value is -2.11. The molecule has 2 aliphatic heterocycles. The number of carbonyl (C=O) groups excluding carboxylic acids is 1. The van der Waals surface area contributed by atoms with E-state index in [1.807, 2.05) is 0 Å². The Morgan fingerprint density at radius 1 is 1.12 bits per heavy atom. The minimum absolute atomic E-state index is 0.314.